The van der Waals surface area contributed by atoms with Gasteiger partial charge in [-0.25, -0.2) is 0 Å². The molecule has 0 atom stereocenters. The first kappa shape index (κ1) is 16.9. The molecule has 124 valence electrons. The van der Waals surface area contributed by atoms with Crippen LogP contribution in [0.4, 0.5) is 5.69 Å². The summed E-state index contributed by atoms with van der Waals surface area (Å²) < 4.78 is 0. The Balaban J connectivity index is 1.57. The number of halogens is 2. The second-order valence-corrected chi connectivity index (χ2v) is 6.47. The number of para-hydroxylation sites is 1. The lowest BCUT2D eigenvalue weighted by Gasteiger charge is -2.35. The third kappa shape index (κ3) is 4.11. The van der Waals surface area contributed by atoms with E-state index in [0.29, 0.717) is 10.0 Å². The van der Waals surface area contributed by atoms with E-state index < -0.39 is 0 Å². The van der Waals surface area contributed by atoms with Crippen molar-refractivity contribution < 1.29 is 4.79 Å². The summed E-state index contributed by atoms with van der Waals surface area (Å²) in [5, 5.41) is 1.000. The predicted molar refractivity (Wildman–Crippen MR) is 101 cm³/mol. The fraction of sp³-hybridized carbons (Fsp3) is 0.211. The Bertz CT molecular complexity index is 738. The number of amides is 1. The number of nitrogens with zero attached hydrogens (tertiary/aromatic N) is 2. The molecule has 0 aromatic heterocycles. The number of hydrogen-bond donors (Lipinski definition) is 0. The van der Waals surface area contributed by atoms with Gasteiger partial charge < -0.3 is 9.80 Å². The molecule has 2 aromatic carbocycles. The van der Waals surface area contributed by atoms with Gasteiger partial charge in [0.1, 0.15) is 0 Å². The Labute approximate surface area is 152 Å². The van der Waals surface area contributed by atoms with Crippen LogP contribution in [0.25, 0.3) is 6.08 Å². The van der Waals surface area contributed by atoms with Crippen molar-refractivity contribution in [3.05, 3.63) is 70.2 Å². The second kappa shape index (κ2) is 7.73. The number of carbonyl (C=O) groups excluding carboxylic acids is 1. The Morgan fingerprint density at radius 3 is 2.29 bits per heavy atom. The zero-order valence-electron chi connectivity index (χ0n) is 13.2. The van der Waals surface area contributed by atoms with Crippen LogP contribution in [-0.4, -0.2) is 37.0 Å². The Morgan fingerprint density at radius 1 is 0.917 bits per heavy atom. The van der Waals surface area contributed by atoms with Gasteiger partial charge in [0.2, 0.25) is 5.91 Å². The van der Waals surface area contributed by atoms with Crippen molar-refractivity contribution in [3.8, 4) is 0 Å². The molecule has 0 N–H and O–H groups in total. The minimum absolute atomic E-state index is 0.0220. The van der Waals surface area contributed by atoms with Crippen LogP contribution in [0, 0.1) is 0 Å². The average molecular weight is 361 g/mol. The molecule has 1 aliphatic heterocycles. The van der Waals surface area contributed by atoms with Crippen molar-refractivity contribution >= 4 is 40.9 Å². The minimum atomic E-state index is 0.0220. The summed E-state index contributed by atoms with van der Waals surface area (Å²) in [7, 11) is 0. The van der Waals surface area contributed by atoms with Crippen LogP contribution in [0.3, 0.4) is 0 Å². The van der Waals surface area contributed by atoms with Gasteiger partial charge in [-0.15, -0.1) is 0 Å². The molecule has 0 unspecified atom stereocenters. The van der Waals surface area contributed by atoms with Gasteiger partial charge in [0.15, 0.2) is 0 Å². The summed E-state index contributed by atoms with van der Waals surface area (Å²) in [6.07, 6.45) is 3.37. The van der Waals surface area contributed by atoms with Crippen LogP contribution in [-0.2, 0) is 4.79 Å². The maximum atomic E-state index is 12.3. The van der Waals surface area contributed by atoms with Crippen molar-refractivity contribution in [2.75, 3.05) is 31.1 Å². The first-order chi connectivity index (χ1) is 11.6. The summed E-state index contributed by atoms with van der Waals surface area (Å²) >= 11 is 11.9. The lowest BCUT2D eigenvalue weighted by Crippen LogP contribution is -2.48. The van der Waals surface area contributed by atoms with E-state index in [1.165, 1.54) is 5.69 Å². The molecule has 0 aliphatic carbocycles. The molecule has 0 spiro atoms. The van der Waals surface area contributed by atoms with Gasteiger partial charge in [-0.2, -0.15) is 0 Å². The Kier molecular flexibility index (Phi) is 5.44. The van der Waals surface area contributed by atoms with Crippen LogP contribution in [0.15, 0.2) is 54.6 Å². The van der Waals surface area contributed by atoms with E-state index in [4.69, 9.17) is 23.2 Å². The van der Waals surface area contributed by atoms with Crippen molar-refractivity contribution in [1.82, 2.24) is 4.90 Å². The van der Waals surface area contributed by atoms with Gasteiger partial charge in [-0.1, -0.05) is 47.5 Å². The molecule has 0 radical (unpaired) electrons. The van der Waals surface area contributed by atoms with Crippen molar-refractivity contribution in [3.63, 3.8) is 0 Å². The molecule has 3 rings (SSSR count). The molecular weight excluding hydrogens is 343 g/mol. The third-order valence-corrected chi connectivity index (χ3v) is 4.81. The zero-order valence-corrected chi connectivity index (χ0v) is 14.7. The third-order valence-electron chi connectivity index (χ3n) is 4.07. The van der Waals surface area contributed by atoms with Crippen LogP contribution < -0.4 is 4.90 Å². The smallest absolute Gasteiger partial charge is 0.246 e. The maximum absolute atomic E-state index is 12.3. The van der Waals surface area contributed by atoms with E-state index >= 15 is 0 Å². The number of carbonyl (C=O) groups is 1. The molecule has 1 saturated heterocycles. The topological polar surface area (TPSA) is 23.6 Å². The van der Waals surface area contributed by atoms with Crippen molar-refractivity contribution in [2.45, 2.75) is 0 Å². The maximum Gasteiger partial charge on any atom is 0.246 e. The number of rotatable bonds is 3. The highest BCUT2D eigenvalue weighted by molar-refractivity contribution is 6.42. The van der Waals surface area contributed by atoms with E-state index in [2.05, 4.69) is 17.0 Å². The molecule has 2 aromatic rings. The highest BCUT2D eigenvalue weighted by Gasteiger charge is 2.19. The van der Waals surface area contributed by atoms with Crippen LogP contribution >= 0.6 is 23.2 Å². The number of benzene rings is 2. The fourth-order valence-electron chi connectivity index (χ4n) is 2.71. The quantitative estimate of drug-likeness (QED) is 0.759. The van der Waals surface area contributed by atoms with Crippen molar-refractivity contribution in [1.29, 1.82) is 0 Å². The fourth-order valence-corrected chi connectivity index (χ4v) is 3.02. The van der Waals surface area contributed by atoms with Crippen LogP contribution in [0.5, 0.6) is 0 Å². The Hall–Kier alpha value is -1.97. The summed E-state index contributed by atoms with van der Waals surface area (Å²) in [5.41, 5.74) is 2.07. The second-order valence-electron chi connectivity index (χ2n) is 5.65. The van der Waals surface area contributed by atoms with E-state index in [1.54, 1.807) is 24.3 Å². The van der Waals surface area contributed by atoms with Gasteiger partial charge in [-0.3, -0.25) is 4.79 Å². The summed E-state index contributed by atoms with van der Waals surface area (Å²) in [4.78, 5) is 16.5. The lowest BCUT2D eigenvalue weighted by molar-refractivity contribution is -0.126. The molecule has 3 nitrogen and oxygen atoms in total. The monoisotopic (exact) mass is 360 g/mol. The Morgan fingerprint density at radius 2 is 1.62 bits per heavy atom. The number of hydrogen-bond acceptors (Lipinski definition) is 2. The minimum Gasteiger partial charge on any atom is -0.368 e. The molecule has 1 amide bonds. The molecule has 0 bridgehead atoms. The van der Waals surface area contributed by atoms with Gasteiger partial charge in [-0.05, 0) is 35.9 Å². The van der Waals surface area contributed by atoms with E-state index in [9.17, 15) is 4.79 Å². The zero-order chi connectivity index (χ0) is 16.9. The van der Waals surface area contributed by atoms with E-state index in [0.717, 1.165) is 31.7 Å². The molecule has 1 fully saturated rings. The molecule has 1 aliphatic rings. The molecule has 5 heteroatoms. The van der Waals surface area contributed by atoms with Gasteiger partial charge in [0.05, 0.1) is 10.0 Å². The van der Waals surface area contributed by atoms with E-state index in [-0.39, 0.29) is 5.91 Å². The van der Waals surface area contributed by atoms with Gasteiger partial charge >= 0.3 is 0 Å². The van der Waals surface area contributed by atoms with Crippen LogP contribution in [0.1, 0.15) is 5.56 Å². The number of anilines is 1. The molecular formula is C19H18Cl2N2O. The first-order valence-electron chi connectivity index (χ1n) is 7.85. The highest BCUT2D eigenvalue weighted by atomic mass is 35.5. The van der Waals surface area contributed by atoms with Crippen molar-refractivity contribution in [2.24, 2.45) is 0 Å². The lowest BCUT2D eigenvalue weighted by atomic mass is 10.2. The first-order valence-corrected chi connectivity index (χ1v) is 8.61. The summed E-state index contributed by atoms with van der Waals surface area (Å²) in [5.74, 6) is 0.0220. The van der Waals surface area contributed by atoms with Gasteiger partial charge in [0.25, 0.3) is 0 Å². The summed E-state index contributed by atoms with van der Waals surface area (Å²) in [6.45, 7) is 3.13. The molecule has 1 heterocycles. The highest BCUT2D eigenvalue weighted by Crippen LogP contribution is 2.23. The van der Waals surface area contributed by atoms with Gasteiger partial charge in [0, 0.05) is 37.9 Å². The normalized spacial score (nSPS) is 15.1. The molecule has 24 heavy (non-hydrogen) atoms. The largest absolute Gasteiger partial charge is 0.368 e. The number of piperazine rings is 1. The predicted octanol–water partition coefficient (Wildman–Crippen LogP) is 4.36. The van der Waals surface area contributed by atoms with Crippen LogP contribution in [0.2, 0.25) is 10.0 Å². The SMILES string of the molecule is O=C(C=Cc1ccc(Cl)c(Cl)c1)N1CCN(c2ccccc2)CC1. The summed E-state index contributed by atoms with van der Waals surface area (Å²) in [6, 6.07) is 15.6. The molecule has 0 saturated carbocycles. The van der Waals surface area contributed by atoms with E-state index in [1.807, 2.05) is 29.2 Å². The standard InChI is InChI=1S/C19H18Cl2N2O/c20-17-8-6-15(14-18(17)21)7-9-19(24)23-12-10-22(11-13-23)16-4-2-1-3-5-16/h1-9,14H,10-13H2. The average Bonchev–Trinajstić information content (AvgIpc) is 2.63.